The zero-order chi connectivity index (χ0) is 12.3. The van der Waals surface area contributed by atoms with Gasteiger partial charge in [0.15, 0.2) is 5.13 Å². The number of H-pyrrole nitrogens is 1. The zero-order valence-electron chi connectivity index (χ0n) is 8.93. The quantitative estimate of drug-likeness (QED) is 0.717. The maximum absolute atomic E-state index is 10.8. The van der Waals surface area contributed by atoms with Crippen molar-refractivity contribution in [2.45, 2.75) is 17.8 Å². The van der Waals surface area contributed by atoms with Crippen molar-refractivity contribution in [1.29, 1.82) is 0 Å². The Bertz CT molecular complexity index is 522. The van der Waals surface area contributed by atoms with Gasteiger partial charge in [0.25, 0.3) is 0 Å². The number of amides is 1. The van der Waals surface area contributed by atoms with E-state index >= 15 is 0 Å². The lowest BCUT2D eigenvalue weighted by molar-refractivity contribution is -0.114. The number of nitrogens with one attached hydrogen (secondary N) is 2. The van der Waals surface area contributed by atoms with Gasteiger partial charge in [-0.15, -0.1) is 16.4 Å². The molecule has 0 unspecified atom stereocenters. The number of nitrogen functional groups attached to an aromatic ring is 1. The summed E-state index contributed by atoms with van der Waals surface area (Å²) in [7, 11) is 0. The maximum atomic E-state index is 10.8. The van der Waals surface area contributed by atoms with Gasteiger partial charge in [-0.25, -0.2) is 10.1 Å². The van der Waals surface area contributed by atoms with Gasteiger partial charge in [-0.2, -0.15) is 4.98 Å². The van der Waals surface area contributed by atoms with E-state index in [2.05, 4.69) is 25.5 Å². The molecule has 0 aliphatic carbocycles. The van der Waals surface area contributed by atoms with Crippen molar-refractivity contribution in [2.24, 2.45) is 0 Å². The number of nitrogens with two attached hydrogens (primary N) is 1. The smallest absolute Gasteiger partial charge is 0.223 e. The SMILES string of the molecule is CC(=O)Nc1nc(CSc2n[nH]c(N)n2)cs1. The summed E-state index contributed by atoms with van der Waals surface area (Å²) in [5.74, 6) is 0.804. The number of thioether (sulfide) groups is 1. The molecule has 0 radical (unpaired) electrons. The van der Waals surface area contributed by atoms with Crippen molar-refractivity contribution in [2.75, 3.05) is 11.1 Å². The molecule has 0 saturated carbocycles. The van der Waals surface area contributed by atoms with Crippen LogP contribution in [0, 0.1) is 0 Å². The Hall–Kier alpha value is -1.61. The highest BCUT2D eigenvalue weighted by Crippen LogP contribution is 2.22. The predicted molar refractivity (Wildman–Crippen MR) is 66.8 cm³/mol. The van der Waals surface area contributed by atoms with Crippen LogP contribution in [0.1, 0.15) is 12.6 Å². The van der Waals surface area contributed by atoms with Crippen molar-refractivity contribution in [3.63, 3.8) is 0 Å². The van der Waals surface area contributed by atoms with Crippen molar-refractivity contribution < 1.29 is 4.79 Å². The molecule has 9 heteroatoms. The van der Waals surface area contributed by atoms with Crippen LogP contribution in [0.4, 0.5) is 11.1 Å². The average molecular weight is 270 g/mol. The molecule has 90 valence electrons. The number of carbonyl (C=O) groups is 1. The predicted octanol–water partition coefficient (Wildman–Crippen LogP) is 1.09. The van der Waals surface area contributed by atoms with Gasteiger partial charge in [0.05, 0.1) is 5.69 Å². The summed E-state index contributed by atoms with van der Waals surface area (Å²) >= 11 is 2.81. The second-order valence-electron chi connectivity index (χ2n) is 3.12. The monoisotopic (exact) mass is 270 g/mol. The van der Waals surface area contributed by atoms with Crippen LogP contribution < -0.4 is 11.1 Å². The van der Waals surface area contributed by atoms with Crippen LogP contribution in [0.3, 0.4) is 0 Å². The lowest BCUT2D eigenvalue weighted by Gasteiger charge is -1.94. The fourth-order valence-electron chi connectivity index (χ4n) is 1.04. The normalized spacial score (nSPS) is 10.4. The van der Waals surface area contributed by atoms with Crippen LogP contribution in [-0.4, -0.2) is 26.1 Å². The molecule has 0 aromatic carbocycles. The first-order valence-electron chi connectivity index (χ1n) is 4.66. The molecule has 0 aliphatic heterocycles. The van der Waals surface area contributed by atoms with Gasteiger partial charge in [-0.1, -0.05) is 11.8 Å². The molecule has 2 aromatic rings. The van der Waals surface area contributed by atoms with E-state index in [1.165, 1.54) is 30.0 Å². The topological polar surface area (TPSA) is 110 Å². The number of hydrogen-bond donors (Lipinski definition) is 3. The maximum Gasteiger partial charge on any atom is 0.223 e. The van der Waals surface area contributed by atoms with Gasteiger partial charge < -0.3 is 11.1 Å². The summed E-state index contributed by atoms with van der Waals surface area (Å²) in [6.07, 6.45) is 0. The Morgan fingerprint density at radius 1 is 1.65 bits per heavy atom. The third-order valence-corrected chi connectivity index (χ3v) is 3.35. The van der Waals surface area contributed by atoms with Gasteiger partial charge >= 0.3 is 0 Å². The number of carbonyl (C=O) groups excluding carboxylic acids is 1. The minimum atomic E-state index is -0.125. The largest absolute Gasteiger partial charge is 0.368 e. The van der Waals surface area contributed by atoms with Crippen molar-refractivity contribution >= 4 is 40.1 Å². The van der Waals surface area contributed by atoms with Crippen LogP contribution in [-0.2, 0) is 10.5 Å². The van der Waals surface area contributed by atoms with Crippen LogP contribution in [0.2, 0.25) is 0 Å². The number of nitrogens with zero attached hydrogens (tertiary/aromatic N) is 3. The molecule has 0 bridgehead atoms. The fraction of sp³-hybridized carbons (Fsp3) is 0.250. The molecule has 0 atom stereocenters. The first-order valence-corrected chi connectivity index (χ1v) is 6.52. The first kappa shape index (κ1) is 11.9. The summed E-state index contributed by atoms with van der Waals surface area (Å²) in [6.45, 7) is 1.45. The summed E-state index contributed by atoms with van der Waals surface area (Å²) < 4.78 is 0. The molecule has 2 aromatic heterocycles. The zero-order valence-corrected chi connectivity index (χ0v) is 10.6. The molecule has 1 amide bonds. The molecule has 0 fully saturated rings. The second kappa shape index (κ2) is 5.15. The van der Waals surface area contributed by atoms with Crippen LogP contribution in [0.25, 0.3) is 0 Å². The molecule has 0 aliphatic rings. The lowest BCUT2D eigenvalue weighted by atomic mass is 10.6. The number of rotatable bonds is 4. The molecule has 0 spiro atoms. The van der Waals surface area contributed by atoms with E-state index in [4.69, 9.17) is 5.73 Å². The van der Waals surface area contributed by atoms with Gasteiger partial charge in [-0.3, -0.25) is 4.79 Å². The fourth-order valence-corrected chi connectivity index (χ4v) is 2.60. The van der Waals surface area contributed by atoms with Gasteiger partial charge in [-0.05, 0) is 0 Å². The first-order chi connectivity index (χ1) is 8.13. The Morgan fingerprint density at radius 2 is 2.47 bits per heavy atom. The average Bonchev–Trinajstić information content (AvgIpc) is 2.84. The second-order valence-corrected chi connectivity index (χ2v) is 4.92. The van der Waals surface area contributed by atoms with E-state index in [1.54, 1.807) is 0 Å². The van der Waals surface area contributed by atoms with Gasteiger partial charge in [0, 0.05) is 18.1 Å². The Kier molecular flexibility index (Phi) is 3.59. The Labute approximate surface area is 105 Å². The van der Waals surface area contributed by atoms with Gasteiger partial charge in [0.1, 0.15) is 0 Å². The highest BCUT2D eigenvalue weighted by molar-refractivity contribution is 7.98. The molecule has 0 saturated heterocycles. The van der Waals surface area contributed by atoms with Crippen LogP contribution >= 0.6 is 23.1 Å². The highest BCUT2D eigenvalue weighted by atomic mass is 32.2. The molecule has 7 nitrogen and oxygen atoms in total. The standard InChI is InChI=1S/C8H10N6OS2/c1-4(15)10-7-11-5(2-16-7)3-17-8-12-6(9)13-14-8/h2H,3H2,1H3,(H,10,11,15)(H3,9,12,13,14). The Balaban J connectivity index is 1.91. The number of anilines is 2. The molecule has 2 heterocycles. The number of aromatic amines is 1. The van der Waals surface area contributed by atoms with Crippen LogP contribution in [0.5, 0.6) is 0 Å². The number of thiazole rings is 1. The van der Waals surface area contributed by atoms with Crippen molar-refractivity contribution in [3.8, 4) is 0 Å². The summed E-state index contributed by atoms with van der Waals surface area (Å²) in [6, 6.07) is 0. The third kappa shape index (κ3) is 3.43. The van der Waals surface area contributed by atoms with E-state index in [9.17, 15) is 4.79 Å². The Morgan fingerprint density at radius 3 is 3.12 bits per heavy atom. The number of hydrogen-bond acceptors (Lipinski definition) is 7. The summed E-state index contributed by atoms with van der Waals surface area (Å²) in [5.41, 5.74) is 6.27. The third-order valence-electron chi connectivity index (χ3n) is 1.67. The van der Waals surface area contributed by atoms with Crippen LogP contribution in [0.15, 0.2) is 10.5 Å². The molecule has 4 N–H and O–H groups in total. The van der Waals surface area contributed by atoms with Crippen molar-refractivity contribution in [3.05, 3.63) is 11.1 Å². The van der Waals surface area contributed by atoms with E-state index < -0.39 is 0 Å². The molecule has 17 heavy (non-hydrogen) atoms. The van der Waals surface area contributed by atoms with Gasteiger partial charge in [0.2, 0.25) is 17.0 Å². The van der Waals surface area contributed by atoms with E-state index in [0.717, 1.165) is 5.69 Å². The molecular weight excluding hydrogens is 260 g/mol. The minimum Gasteiger partial charge on any atom is -0.368 e. The lowest BCUT2D eigenvalue weighted by Crippen LogP contribution is -2.05. The summed E-state index contributed by atoms with van der Waals surface area (Å²) in [5, 5.41) is 12.1. The van der Waals surface area contributed by atoms with E-state index in [0.29, 0.717) is 22.0 Å². The number of aromatic nitrogens is 4. The molecule has 2 rings (SSSR count). The minimum absolute atomic E-state index is 0.125. The van der Waals surface area contributed by atoms with E-state index in [1.807, 2.05) is 5.38 Å². The van der Waals surface area contributed by atoms with E-state index in [-0.39, 0.29) is 5.91 Å². The van der Waals surface area contributed by atoms with Crippen molar-refractivity contribution in [1.82, 2.24) is 20.2 Å². The highest BCUT2D eigenvalue weighted by Gasteiger charge is 2.06. The summed E-state index contributed by atoms with van der Waals surface area (Å²) in [4.78, 5) is 19.0. The molecular formula is C8H10N6OS2.